The van der Waals surface area contributed by atoms with Crippen LogP contribution in [0.15, 0.2) is 24.3 Å². The molecule has 0 aromatic heterocycles. The van der Waals surface area contributed by atoms with Gasteiger partial charge in [-0.1, -0.05) is 269 Å². The van der Waals surface area contributed by atoms with E-state index in [1.165, 1.54) is 225 Å². The molecular weight excluding hydrogens is 767 g/mol. The Bertz CT molecular complexity index is 939. The summed E-state index contributed by atoms with van der Waals surface area (Å²) in [5.41, 5.74) is 0. The SMILES string of the molecule is CCCCCCC/C=C/CC/C=C/CCCC(O)C(O)C(CO)NC(=O)C(O)CCCCCCCCCCCCCCCCCCCCCCCCCCCCCCCCCC. The molecule has 368 valence electrons. The average molecular weight is 876 g/mol. The Kier molecular flexibility index (Phi) is 49.8. The standard InChI is InChI=1S/C56H109NO5/c1-3-5-7-9-11-13-15-17-19-20-21-22-23-24-25-26-27-28-29-30-31-32-33-34-35-36-38-40-42-44-46-48-50-54(60)56(62)57-52(51-58)55(61)53(59)49-47-45-43-41-39-37-18-16-14-12-10-8-6-4-2/h16,18,41,43,52-55,58-61H,3-15,17,19-40,42,44-51H2,1-2H3,(H,57,62)/b18-16+,43-41+. The second-order valence-electron chi connectivity index (χ2n) is 19.3. The zero-order valence-electron chi connectivity index (χ0n) is 41.6. The molecule has 0 rings (SSSR count). The first-order valence-electron chi connectivity index (χ1n) is 27.7. The number of aliphatic hydroxyl groups is 4. The van der Waals surface area contributed by atoms with E-state index in [0.717, 1.165) is 38.5 Å². The second-order valence-corrected chi connectivity index (χ2v) is 19.3. The van der Waals surface area contributed by atoms with Crippen molar-refractivity contribution in [3.8, 4) is 0 Å². The number of aliphatic hydroxyl groups excluding tert-OH is 4. The number of rotatable bonds is 51. The third-order valence-corrected chi connectivity index (χ3v) is 13.1. The number of amides is 1. The number of nitrogens with one attached hydrogen (secondary N) is 1. The van der Waals surface area contributed by atoms with Gasteiger partial charge in [-0.05, 0) is 51.4 Å². The molecule has 0 heterocycles. The number of unbranched alkanes of at least 4 members (excludes halogenated alkanes) is 38. The lowest BCUT2D eigenvalue weighted by atomic mass is 10.00. The summed E-state index contributed by atoms with van der Waals surface area (Å²) < 4.78 is 0. The van der Waals surface area contributed by atoms with E-state index in [2.05, 4.69) is 43.5 Å². The van der Waals surface area contributed by atoms with E-state index >= 15 is 0 Å². The van der Waals surface area contributed by atoms with Crippen LogP contribution in [0, 0.1) is 0 Å². The van der Waals surface area contributed by atoms with Gasteiger partial charge in [0.25, 0.3) is 0 Å². The predicted octanol–water partition coefficient (Wildman–Crippen LogP) is 15.9. The molecule has 0 fully saturated rings. The summed E-state index contributed by atoms with van der Waals surface area (Å²) in [5.74, 6) is -0.593. The summed E-state index contributed by atoms with van der Waals surface area (Å²) in [6, 6.07) is -1.01. The molecule has 5 N–H and O–H groups in total. The Balaban J connectivity index is 3.56. The molecule has 4 unspecified atom stereocenters. The lowest BCUT2D eigenvalue weighted by molar-refractivity contribution is -0.132. The first kappa shape index (κ1) is 60.8. The van der Waals surface area contributed by atoms with Crippen LogP contribution in [-0.2, 0) is 4.79 Å². The van der Waals surface area contributed by atoms with Gasteiger partial charge >= 0.3 is 0 Å². The largest absolute Gasteiger partial charge is 0.394 e. The van der Waals surface area contributed by atoms with Crippen molar-refractivity contribution in [3.63, 3.8) is 0 Å². The molecule has 0 bridgehead atoms. The van der Waals surface area contributed by atoms with Crippen LogP contribution in [0.1, 0.15) is 296 Å². The highest BCUT2D eigenvalue weighted by Crippen LogP contribution is 2.18. The molecule has 62 heavy (non-hydrogen) atoms. The van der Waals surface area contributed by atoms with Crippen LogP contribution >= 0.6 is 0 Å². The zero-order valence-corrected chi connectivity index (χ0v) is 41.6. The normalized spacial score (nSPS) is 14.0. The van der Waals surface area contributed by atoms with Crippen LogP contribution in [0.5, 0.6) is 0 Å². The van der Waals surface area contributed by atoms with Gasteiger partial charge in [-0.3, -0.25) is 4.79 Å². The van der Waals surface area contributed by atoms with Gasteiger partial charge in [-0.15, -0.1) is 0 Å². The van der Waals surface area contributed by atoms with Crippen LogP contribution in [-0.4, -0.2) is 57.3 Å². The fourth-order valence-corrected chi connectivity index (χ4v) is 8.78. The minimum absolute atomic E-state index is 0.364. The minimum Gasteiger partial charge on any atom is -0.394 e. The molecule has 0 spiro atoms. The van der Waals surface area contributed by atoms with Gasteiger partial charge in [0.15, 0.2) is 0 Å². The molecule has 0 aliphatic rings. The van der Waals surface area contributed by atoms with Crippen molar-refractivity contribution in [2.24, 2.45) is 0 Å². The van der Waals surface area contributed by atoms with Crippen LogP contribution in [0.4, 0.5) is 0 Å². The molecule has 0 aromatic rings. The quantitative estimate of drug-likeness (QED) is 0.0309. The van der Waals surface area contributed by atoms with Gasteiger partial charge in [-0.2, -0.15) is 0 Å². The lowest BCUT2D eigenvalue weighted by Crippen LogP contribution is -2.53. The third kappa shape index (κ3) is 44.0. The Hall–Kier alpha value is -1.21. The van der Waals surface area contributed by atoms with E-state index in [9.17, 15) is 25.2 Å². The van der Waals surface area contributed by atoms with E-state index in [1.54, 1.807) is 0 Å². The summed E-state index contributed by atoms with van der Waals surface area (Å²) in [7, 11) is 0. The number of carbonyl (C=O) groups is 1. The first-order chi connectivity index (χ1) is 30.5. The maximum Gasteiger partial charge on any atom is 0.249 e. The molecule has 6 nitrogen and oxygen atoms in total. The predicted molar refractivity (Wildman–Crippen MR) is 270 cm³/mol. The number of carbonyl (C=O) groups excluding carboxylic acids is 1. The smallest absolute Gasteiger partial charge is 0.249 e. The van der Waals surface area contributed by atoms with Crippen molar-refractivity contribution in [2.45, 2.75) is 321 Å². The van der Waals surface area contributed by atoms with E-state index < -0.39 is 36.9 Å². The van der Waals surface area contributed by atoms with E-state index in [4.69, 9.17) is 0 Å². The Morgan fingerprint density at radius 1 is 0.387 bits per heavy atom. The summed E-state index contributed by atoms with van der Waals surface area (Å²) in [5, 5.41) is 43.8. The molecule has 4 atom stereocenters. The highest BCUT2D eigenvalue weighted by atomic mass is 16.3. The average Bonchev–Trinajstić information content (AvgIpc) is 3.28. The van der Waals surface area contributed by atoms with Crippen molar-refractivity contribution in [1.82, 2.24) is 5.32 Å². The van der Waals surface area contributed by atoms with Gasteiger partial charge < -0.3 is 25.7 Å². The van der Waals surface area contributed by atoms with Gasteiger partial charge in [0.1, 0.15) is 12.2 Å². The Labute approximate surface area is 386 Å². The van der Waals surface area contributed by atoms with Gasteiger partial charge in [0.05, 0.1) is 18.8 Å². The van der Waals surface area contributed by atoms with Crippen LogP contribution in [0.2, 0.25) is 0 Å². The highest BCUT2D eigenvalue weighted by molar-refractivity contribution is 5.80. The monoisotopic (exact) mass is 876 g/mol. The highest BCUT2D eigenvalue weighted by Gasteiger charge is 2.28. The van der Waals surface area contributed by atoms with Crippen LogP contribution in [0.25, 0.3) is 0 Å². The van der Waals surface area contributed by atoms with Crippen molar-refractivity contribution < 1.29 is 25.2 Å². The first-order valence-corrected chi connectivity index (χ1v) is 27.7. The maximum absolute atomic E-state index is 12.6. The van der Waals surface area contributed by atoms with Crippen molar-refractivity contribution in [2.75, 3.05) is 6.61 Å². The molecular formula is C56H109NO5. The fourth-order valence-electron chi connectivity index (χ4n) is 8.78. The maximum atomic E-state index is 12.6. The summed E-state index contributed by atoms with van der Waals surface area (Å²) in [4.78, 5) is 12.6. The molecule has 0 aromatic carbocycles. The topological polar surface area (TPSA) is 110 Å². The summed E-state index contributed by atoms with van der Waals surface area (Å²) in [6.45, 7) is 4.04. The summed E-state index contributed by atoms with van der Waals surface area (Å²) in [6.07, 6.45) is 61.2. The molecule has 6 heteroatoms. The number of hydrogen-bond acceptors (Lipinski definition) is 5. The molecule has 1 amide bonds. The van der Waals surface area contributed by atoms with E-state index in [-0.39, 0.29) is 0 Å². The number of hydrogen-bond donors (Lipinski definition) is 5. The Morgan fingerprint density at radius 2 is 0.677 bits per heavy atom. The van der Waals surface area contributed by atoms with Gasteiger partial charge in [-0.25, -0.2) is 0 Å². The van der Waals surface area contributed by atoms with Crippen molar-refractivity contribution in [1.29, 1.82) is 0 Å². The second kappa shape index (κ2) is 50.8. The lowest BCUT2D eigenvalue weighted by Gasteiger charge is -2.27. The van der Waals surface area contributed by atoms with E-state index in [1.807, 2.05) is 0 Å². The van der Waals surface area contributed by atoms with E-state index in [0.29, 0.717) is 19.3 Å². The molecule has 0 saturated carbocycles. The van der Waals surface area contributed by atoms with Gasteiger partial charge in [0, 0.05) is 0 Å². The number of allylic oxidation sites excluding steroid dienone is 4. The molecule has 0 saturated heterocycles. The van der Waals surface area contributed by atoms with Crippen LogP contribution in [0.3, 0.4) is 0 Å². The molecule has 0 radical (unpaired) electrons. The summed E-state index contributed by atoms with van der Waals surface area (Å²) >= 11 is 0. The zero-order chi connectivity index (χ0) is 45.2. The van der Waals surface area contributed by atoms with Gasteiger partial charge in [0.2, 0.25) is 5.91 Å². The fraction of sp³-hybridized carbons (Fsp3) is 0.911. The van der Waals surface area contributed by atoms with Crippen molar-refractivity contribution in [3.05, 3.63) is 24.3 Å². The molecule has 0 aliphatic heterocycles. The van der Waals surface area contributed by atoms with Crippen molar-refractivity contribution >= 4 is 5.91 Å². The third-order valence-electron chi connectivity index (χ3n) is 13.1. The Morgan fingerprint density at radius 3 is 1.02 bits per heavy atom. The van der Waals surface area contributed by atoms with Crippen LogP contribution < -0.4 is 5.32 Å². The minimum atomic E-state index is -1.29. The molecule has 0 aliphatic carbocycles.